The topological polar surface area (TPSA) is 68.2 Å². The van der Waals surface area contributed by atoms with E-state index >= 15 is 0 Å². The van der Waals surface area contributed by atoms with Crippen molar-refractivity contribution in [3.63, 3.8) is 0 Å². The Labute approximate surface area is 175 Å². The number of piperidine rings is 1. The number of ether oxygens (including phenoxy) is 3. The van der Waals surface area contributed by atoms with Gasteiger partial charge in [0, 0.05) is 16.1 Å². The van der Waals surface area contributed by atoms with Gasteiger partial charge in [-0.2, -0.15) is 0 Å². The van der Waals surface area contributed by atoms with Crippen LogP contribution in [0.25, 0.3) is 0 Å². The summed E-state index contributed by atoms with van der Waals surface area (Å²) in [4.78, 5) is 13.7. The highest BCUT2D eigenvalue weighted by molar-refractivity contribution is 6.30. The Balaban J connectivity index is 2.11. The number of halogens is 1. The van der Waals surface area contributed by atoms with E-state index in [0.717, 1.165) is 11.1 Å². The van der Waals surface area contributed by atoms with Gasteiger partial charge in [-0.15, -0.1) is 0 Å². The minimum atomic E-state index is -0.736. The number of hydrogen-bond acceptors (Lipinski definition) is 5. The van der Waals surface area contributed by atoms with Crippen LogP contribution in [-0.2, 0) is 4.79 Å². The normalized spacial score (nSPS) is 16.3. The lowest BCUT2D eigenvalue weighted by atomic mass is 9.90. The summed E-state index contributed by atoms with van der Waals surface area (Å²) < 4.78 is 16.8. The molecule has 1 N–H and O–H groups in total. The quantitative estimate of drug-likeness (QED) is 0.723. The molecule has 0 bridgehead atoms. The van der Waals surface area contributed by atoms with E-state index in [2.05, 4.69) is 4.90 Å². The molecule has 1 unspecified atom stereocenters. The van der Waals surface area contributed by atoms with E-state index in [1.165, 1.54) is 0 Å². The summed E-state index contributed by atoms with van der Waals surface area (Å²) in [5.74, 6) is 0.935. The molecule has 3 rings (SSSR count). The van der Waals surface area contributed by atoms with Gasteiger partial charge in [0.05, 0.1) is 33.3 Å². The van der Waals surface area contributed by atoms with Crippen LogP contribution in [0.2, 0.25) is 5.02 Å². The van der Waals surface area contributed by atoms with Crippen LogP contribution in [0.3, 0.4) is 0 Å². The molecule has 1 saturated heterocycles. The highest BCUT2D eigenvalue weighted by atomic mass is 35.5. The molecule has 1 aliphatic heterocycles. The maximum absolute atomic E-state index is 11.4. The molecule has 0 saturated carbocycles. The molecule has 6 nitrogen and oxygen atoms in total. The smallest absolute Gasteiger partial charge is 0.306 e. The molecule has 1 heterocycles. The summed E-state index contributed by atoms with van der Waals surface area (Å²) in [6.07, 6.45) is 1.17. The van der Waals surface area contributed by atoms with Gasteiger partial charge in [-0.1, -0.05) is 23.7 Å². The van der Waals surface area contributed by atoms with Gasteiger partial charge in [0.1, 0.15) is 5.75 Å². The predicted molar refractivity (Wildman–Crippen MR) is 111 cm³/mol. The van der Waals surface area contributed by atoms with E-state index in [9.17, 15) is 9.90 Å². The summed E-state index contributed by atoms with van der Waals surface area (Å²) >= 11 is 6.33. The van der Waals surface area contributed by atoms with Crippen molar-refractivity contribution in [3.05, 3.63) is 52.5 Å². The molecule has 0 aromatic heterocycles. The third-order valence-corrected chi connectivity index (χ3v) is 5.69. The van der Waals surface area contributed by atoms with E-state index in [1.54, 1.807) is 27.4 Å². The van der Waals surface area contributed by atoms with Gasteiger partial charge in [-0.3, -0.25) is 9.69 Å². The first-order valence-corrected chi connectivity index (χ1v) is 9.89. The van der Waals surface area contributed by atoms with Gasteiger partial charge in [0.25, 0.3) is 0 Å². The number of carboxylic acid groups (broad SMARTS) is 1. The van der Waals surface area contributed by atoms with Crippen LogP contribution in [-0.4, -0.2) is 50.4 Å². The van der Waals surface area contributed by atoms with Crippen molar-refractivity contribution in [2.24, 2.45) is 5.92 Å². The number of carboxylic acids is 1. The number of nitrogens with zero attached hydrogens (tertiary/aromatic N) is 1. The minimum Gasteiger partial charge on any atom is -0.496 e. The summed E-state index contributed by atoms with van der Waals surface area (Å²) in [6, 6.07) is 11.1. The zero-order valence-corrected chi connectivity index (χ0v) is 17.6. The lowest BCUT2D eigenvalue weighted by molar-refractivity contribution is -0.143. The Morgan fingerprint density at radius 1 is 1.03 bits per heavy atom. The number of hydrogen-bond donors (Lipinski definition) is 1. The summed E-state index contributed by atoms with van der Waals surface area (Å²) in [6.45, 7) is 1.27. The van der Waals surface area contributed by atoms with Gasteiger partial charge in [-0.05, 0) is 50.2 Å². The van der Waals surface area contributed by atoms with Gasteiger partial charge in [-0.25, -0.2) is 0 Å². The Morgan fingerprint density at radius 2 is 1.72 bits per heavy atom. The second kappa shape index (κ2) is 9.37. The first-order valence-electron chi connectivity index (χ1n) is 9.51. The number of rotatable bonds is 7. The third-order valence-electron chi connectivity index (χ3n) is 5.46. The molecule has 0 aliphatic carbocycles. The molecule has 0 amide bonds. The van der Waals surface area contributed by atoms with Crippen LogP contribution in [0, 0.1) is 5.92 Å². The number of methoxy groups -OCH3 is 3. The Bertz CT molecular complexity index is 864. The van der Waals surface area contributed by atoms with Gasteiger partial charge < -0.3 is 19.3 Å². The fourth-order valence-electron chi connectivity index (χ4n) is 4.01. The molecule has 1 aliphatic rings. The average Bonchev–Trinajstić information content (AvgIpc) is 2.74. The first kappa shape index (κ1) is 21.3. The van der Waals surface area contributed by atoms with Gasteiger partial charge in [0.2, 0.25) is 0 Å². The Morgan fingerprint density at radius 3 is 2.31 bits per heavy atom. The molecular formula is C22H26ClNO5. The lowest BCUT2D eigenvalue weighted by Crippen LogP contribution is -2.39. The second-order valence-electron chi connectivity index (χ2n) is 7.02. The second-order valence-corrected chi connectivity index (χ2v) is 7.46. The van der Waals surface area contributed by atoms with Crippen molar-refractivity contribution in [1.29, 1.82) is 0 Å². The maximum atomic E-state index is 11.4. The summed E-state index contributed by atoms with van der Waals surface area (Å²) in [5, 5.41) is 9.98. The van der Waals surface area contributed by atoms with Crippen molar-refractivity contribution >= 4 is 17.6 Å². The molecule has 29 heavy (non-hydrogen) atoms. The van der Waals surface area contributed by atoms with Crippen LogP contribution in [0.1, 0.15) is 30.0 Å². The highest BCUT2D eigenvalue weighted by Crippen LogP contribution is 2.44. The van der Waals surface area contributed by atoms with Crippen molar-refractivity contribution < 1.29 is 24.1 Å². The molecule has 156 valence electrons. The number of aliphatic carboxylic acids is 1. The number of para-hydroxylation sites is 1. The van der Waals surface area contributed by atoms with Crippen molar-refractivity contribution in [2.45, 2.75) is 18.9 Å². The highest BCUT2D eigenvalue weighted by Gasteiger charge is 2.33. The van der Waals surface area contributed by atoms with Crippen LogP contribution >= 0.6 is 11.6 Å². The standard InChI is InChI=1S/C22H26ClNO5/c1-27-18-8-7-15(23)13-17(18)20(24-11-9-14(10-12-24)22(25)26)16-5-4-6-19(28-2)21(16)29-3/h4-8,13-14,20H,9-12H2,1-3H3,(H,25,26). The first-order chi connectivity index (χ1) is 14.0. The molecular weight excluding hydrogens is 394 g/mol. The summed E-state index contributed by atoms with van der Waals surface area (Å²) in [5.41, 5.74) is 1.82. The van der Waals surface area contributed by atoms with Crippen LogP contribution in [0.15, 0.2) is 36.4 Å². The zero-order valence-electron chi connectivity index (χ0n) is 16.9. The SMILES string of the molecule is COc1ccc(Cl)cc1C(c1cccc(OC)c1OC)N1CCC(C(=O)O)CC1. The van der Waals surface area contributed by atoms with Crippen LogP contribution in [0.4, 0.5) is 0 Å². The van der Waals surface area contributed by atoms with Gasteiger partial charge >= 0.3 is 5.97 Å². The van der Waals surface area contributed by atoms with Crippen molar-refractivity contribution in [3.8, 4) is 17.2 Å². The van der Waals surface area contributed by atoms with E-state index in [-0.39, 0.29) is 12.0 Å². The van der Waals surface area contributed by atoms with E-state index < -0.39 is 5.97 Å². The molecule has 0 spiro atoms. The monoisotopic (exact) mass is 419 g/mol. The Hall–Kier alpha value is -2.44. The third kappa shape index (κ3) is 4.43. The molecule has 0 radical (unpaired) electrons. The molecule has 7 heteroatoms. The number of carbonyl (C=O) groups is 1. The zero-order chi connectivity index (χ0) is 21.0. The molecule has 2 aromatic carbocycles. The lowest BCUT2D eigenvalue weighted by Gasteiger charge is -2.38. The average molecular weight is 420 g/mol. The van der Waals surface area contributed by atoms with Crippen LogP contribution in [0.5, 0.6) is 17.2 Å². The van der Waals surface area contributed by atoms with Gasteiger partial charge in [0.15, 0.2) is 11.5 Å². The van der Waals surface area contributed by atoms with E-state index in [0.29, 0.717) is 48.2 Å². The maximum Gasteiger partial charge on any atom is 0.306 e. The Kier molecular flexibility index (Phi) is 6.87. The fourth-order valence-corrected chi connectivity index (χ4v) is 4.19. The van der Waals surface area contributed by atoms with Crippen molar-refractivity contribution in [2.75, 3.05) is 34.4 Å². The van der Waals surface area contributed by atoms with Crippen LogP contribution < -0.4 is 14.2 Å². The molecule has 2 aromatic rings. The molecule has 1 atom stereocenters. The van der Waals surface area contributed by atoms with E-state index in [4.69, 9.17) is 25.8 Å². The predicted octanol–water partition coefficient (Wildman–Crippen LogP) is 4.25. The largest absolute Gasteiger partial charge is 0.496 e. The summed E-state index contributed by atoms with van der Waals surface area (Å²) in [7, 11) is 4.85. The van der Waals surface area contributed by atoms with Crippen molar-refractivity contribution in [1.82, 2.24) is 4.90 Å². The molecule has 1 fully saturated rings. The minimum absolute atomic E-state index is 0.219. The number of benzene rings is 2. The fraction of sp³-hybridized carbons (Fsp3) is 0.409. The number of likely N-dealkylation sites (tertiary alicyclic amines) is 1. The van der Waals surface area contributed by atoms with E-state index in [1.807, 2.05) is 30.3 Å².